The van der Waals surface area contributed by atoms with Crippen molar-refractivity contribution in [2.75, 3.05) is 4.90 Å². The normalized spacial score (nSPS) is 15.2. The van der Waals surface area contributed by atoms with Crippen LogP contribution >= 0.6 is 0 Å². The first-order chi connectivity index (χ1) is 15.0. The van der Waals surface area contributed by atoms with E-state index in [-0.39, 0.29) is 5.57 Å². The first-order valence-electron chi connectivity index (χ1n) is 9.76. The lowest BCUT2D eigenvalue weighted by atomic mass is 10.1. The molecule has 0 aromatic heterocycles. The third-order valence-electron chi connectivity index (χ3n) is 4.80. The van der Waals surface area contributed by atoms with Crippen LogP contribution in [0.15, 0.2) is 84.4 Å². The van der Waals surface area contributed by atoms with Gasteiger partial charge in [0.2, 0.25) is 0 Å². The van der Waals surface area contributed by atoms with Crippen molar-refractivity contribution in [2.45, 2.75) is 13.5 Å². The molecular formula is C25H20N2O4. The Bertz CT molecular complexity index is 1170. The van der Waals surface area contributed by atoms with Gasteiger partial charge in [-0.3, -0.25) is 14.9 Å². The van der Waals surface area contributed by atoms with Crippen LogP contribution in [0.2, 0.25) is 0 Å². The van der Waals surface area contributed by atoms with Gasteiger partial charge in [-0.1, -0.05) is 54.6 Å². The zero-order valence-corrected chi connectivity index (χ0v) is 16.9. The molecule has 6 nitrogen and oxygen atoms in total. The third kappa shape index (κ3) is 4.53. The van der Waals surface area contributed by atoms with Crippen molar-refractivity contribution in [3.8, 4) is 5.75 Å². The zero-order chi connectivity index (χ0) is 21.8. The number of benzene rings is 3. The second kappa shape index (κ2) is 8.67. The molecule has 0 bridgehead atoms. The molecule has 31 heavy (non-hydrogen) atoms. The van der Waals surface area contributed by atoms with Crippen molar-refractivity contribution >= 4 is 29.6 Å². The molecule has 1 heterocycles. The van der Waals surface area contributed by atoms with Crippen molar-refractivity contribution in [2.24, 2.45) is 0 Å². The van der Waals surface area contributed by atoms with Gasteiger partial charge >= 0.3 is 6.03 Å². The number of rotatable bonds is 5. The number of ether oxygens (including phenoxy) is 1. The number of nitrogens with zero attached hydrogens (tertiary/aromatic N) is 1. The summed E-state index contributed by atoms with van der Waals surface area (Å²) in [5, 5.41) is 2.23. The van der Waals surface area contributed by atoms with Crippen LogP contribution in [0, 0.1) is 6.92 Å². The van der Waals surface area contributed by atoms with Crippen molar-refractivity contribution in [1.82, 2.24) is 5.32 Å². The molecule has 0 unspecified atom stereocenters. The number of hydrogen-bond acceptors (Lipinski definition) is 4. The number of carbonyl (C=O) groups is 3. The zero-order valence-electron chi connectivity index (χ0n) is 16.9. The van der Waals surface area contributed by atoms with Crippen LogP contribution < -0.4 is 15.0 Å². The van der Waals surface area contributed by atoms with Gasteiger partial charge in [0, 0.05) is 0 Å². The van der Waals surface area contributed by atoms with Crippen molar-refractivity contribution < 1.29 is 19.1 Å². The largest absolute Gasteiger partial charge is 0.489 e. The van der Waals surface area contributed by atoms with Crippen molar-refractivity contribution in [1.29, 1.82) is 0 Å². The monoisotopic (exact) mass is 412 g/mol. The fourth-order valence-corrected chi connectivity index (χ4v) is 3.23. The molecule has 1 saturated heterocycles. The highest BCUT2D eigenvalue weighted by Crippen LogP contribution is 2.23. The fraction of sp³-hybridized carbons (Fsp3) is 0.0800. The summed E-state index contributed by atoms with van der Waals surface area (Å²) in [5.41, 5.74) is 2.89. The Labute approximate surface area is 179 Å². The molecule has 1 fully saturated rings. The van der Waals surface area contributed by atoms with Gasteiger partial charge in [0.15, 0.2) is 0 Å². The minimum Gasteiger partial charge on any atom is -0.489 e. The van der Waals surface area contributed by atoms with Gasteiger partial charge in [-0.25, -0.2) is 9.69 Å². The predicted octanol–water partition coefficient (Wildman–Crippen LogP) is 4.24. The summed E-state index contributed by atoms with van der Waals surface area (Å²) in [5.74, 6) is -0.714. The maximum atomic E-state index is 12.9. The molecule has 0 aliphatic carbocycles. The Morgan fingerprint density at radius 2 is 1.65 bits per heavy atom. The minimum absolute atomic E-state index is 0.112. The number of amides is 4. The molecule has 0 atom stereocenters. The first kappa shape index (κ1) is 20.1. The molecule has 1 aliphatic heterocycles. The third-order valence-corrected chi connectivity index (χ3v) is 4.80. The molecule has 0 spiro atoms. The average molecular weight is 412 g/mol. The van der Waals surface area contributed by atoms with E-state index in [4.69, 9.17) is 4.74 Å². The van der Waals surface area contributed by atoms with Gasteiger partial charge in [0.1, 0.15) is 17.9 Å². The Morgan fingerprint density at radius 1 is 0.903 bits per heavy atom. The topological polar surface area (TPSA) is 75.7 Å². The number of urea groups is 1. The lowest BCUT2D eigenvalue weighted by molar-refractivity contribution is -0.122. The minimum atomic E-state index is -0.762. The lowest BCUT2D eigenvalue weighted by Gasteiger charge is -2.26. The van der Waals surface area contributed by atoms with Crippen molar-refractivity contribution in [3.63, 3.8) is 0 Å². The van der Waals surface area contributed by atoms with Gasteiger partial charge in [-0.2, -0.15) is 0 Å². The van der Waals surface area contributed by atoms with Crippen LogP contribution in [0.25, 0.3) is 6.08 Å². The second-order valence-electron chi connectivity index (χ2n) is 7.14. The summed E-state index contributed by atoms with van der Waals surface area (Å²) in [6, 6.07) is 23.1. The molecule has 1 N–H and O–H groups in total. The van der Waals surface area contributed by atoms with Gasteiger partial charge in [-0.05, 0) is 54.0 Å². The molecule has 0 radical (unpaired) electrons. The predicted molar refractivity (Wildman–Crippen MR) is 117 cm³/mol. The summed E-state index contributed by atoms with van der Waals surface area (Å²) >= 11 is 0. The molecule has 3 aromatic carbocycles. The number of carbonyl (C=O) groups excluding carboxylic acids is 3. The van der Waals surface area contributed by atoms with E-state index >= 15 is 0 Å². The molecule has 3 aromatic rings. The molecule has 4 rings (SSSR count). The molecular weight excluding hydrogens is 392 g/mol. The molecule has 0 saturated carbocycles. The number of nitrogens with one attached hydrogen (secondary N) is 1. The number of anilines is 1. The standard InChI is InChI=1S/C25H20N2O4/c1-17-6-5-9-20(14-17)27-24(29)22(23(28)26-25(27)30)15-18-10-12-21(13-11-18)31-16-19-7-3-2-4-8-19/h2-15H,16H2,1H3,(H,26,28,30)/b22-15+. The van der Waals surface area contributed by atoms with E-state index in [9.17, 15) is 14.4 Å². The van der Waals surface area contributed by atoms with Crippen LogP contribution in [-0.2, 0) is 16.2 Å². The number of imide groups is 2. The number of hydrogen-bond donors (Lipinski definition) is 1. The SMILES string of the molecule is Cc1cccc(N2C(=O)NC(=O)/C(=C\c3ccc(OCc4ccccc4)cc3)C2=O)c1. The lowest BCUT2D eigenvalue weighted by Crippen LogP contribution is -2.54. The van der Waals surface area contributed by atoms with E-state index in [2.05, 4.69) is 5.32 Å². The van der Waals surface area contributed by atoms with Crippen LogP contribution in [0.4, 0.5) is 10.5 Å². The Balaban J connectivity index is 1.53. The summed E-state index contributed by atoms with van der Waals surface area (Å²) in [6.07, 6.45) is 1.47. The van der Waals surface area contributed by atoms with Crippen LogP contribution in [-0.4, -0.2) is 17.8 Å². The maximum Gasteiger partial charge on any atom is 0.335 e. The second-order valence-corrected chi connectivity index (χ2v) is 7.14. The van der Waals surface area contributed by atoms with Gasteiger partial charge in [-0.15, -0.1) is 0 Å². The van der Waals surface area contributed by atoms with Gasteiger partial charge in [0.05, 0.1) is 5.69 Å². The summed E-state index contributed by atoms with van der Waals surface area (Å²) in [4.78, 5) is 38.5. The van der Waals surface area contributed by atoms with Crippen LogP contribution in [0.1, 0.15) is 16.7 Å². The van der Waals surface area contributed by atoms with Crippen LogP contribution in [0.5, 0.6) is 5.75 Å². The van der Waals surface area contributed by atoms with E-state index in [1.54, 1.807) is 42.5 Å². The number of barbiturate groups is 1. The molecule has 4 amide bonds. The molecule has 1 aliphatic rings. The highest BCUT2D eigenvalue weighted by molar-refractivity contribution is 6.39. The summed E-state index contributed by atoms with van der Waals surface area (Å²) in [6.45, 7) is 2.30. The van der Waals surface area contributed by atoms with Crippen molar-refractivity contribution in [3.05, 3.63) is 101 Å². The Kier molecular flexibility index (Phi) is 5.62. The van der Waals surface area contributed by atoms with E-state index in [1.807, 2.05) is 43.3 Å². The first-order valence-corrected chi connectivity index (χ1v) is 9.76. The Morgan fingerprint density at radius 3 is 2.35 bits per heavy atom. The smallest absolute Gasteiger partial charge is 0.335 e. The highest BCUT2D eigenvalue weighted by Gasteiger charge is 2.36. The molecule has 6 heteroatoms. The van der Waals surface area contributed by atoms with E-state index in [0.29, 0.717) is 23.6 Å². The quantitative estimate of drug-likeness (QED) is 0.502. The van der Waals surface area contributed by atoms with E-state index in [1.165, 1.54) is 6.08 Å². The van der Waals surface area contributed by atoms with E-state index in [0.717, 1.165) is 16.0 Å². The summed E-state index contributed by atoms with van der Waals surface area (Å²) < 4.78 is 5.76. The number of aryl methyl sites for hydroxylation is 1. The maximum absolute atomic E-state index is 12.9. The highest BCUT2D eigenvalue weighted by atomic mass is 16.5. The fourth-order valence-electron chi connectivity index (χ4n) is 3.23. The molecule has 154 valence electrons. The van der Waals surface area contributed by atoms with Crippen LogP contribution in [0.3, 0.4) is 0 Å². The Hall–Kier alpha value is -4.19. The van der Waals surface area contributed by atoms with Gasteiger partial charge < -0.3 is 4.74 Å². The van der Waals surface area contributed by atoms with E-state index < -0.39 is 17.8 Å². The summed E-state index contributed by atoms with van der Waals surface area (Å²) in [7, 11) is 0. The average Bonchev–Trinajstić information content (AvgIpc) is 2.77. The van der Waals surface area contributed by atoms with Gasteiger partial charge in [0.25, 0.3) is 11.8 Å².